The molecular formula is C49H54O14. The van der Waals surface area contributed by atoms with E-state index in [9.17, 15) is 19.2 Å². The van der Waals surface area contributed by atoms with Gasteiger partial charge in [0.05, 0.1) is 31.8 Å². The summed E-state index contributed by atoms with van der Waals surface area (Å²) in [6.07, 6.45) is 0.208. The van der Waals surface area contributed by atoms with Crippen molar-refractivity contribution in [2.45, 2.75) is 31.5 Å². The SMILES string of the molecule is C=CC(=O)OC(COC(=O)COCCOC)COc1ccc(C2(c3ccc(OCC(COC(=O)COCCOC)OC(=O)C=C)c(C)c3)c3ccccc3-c3ccccc32)cc1C. The molecule has 0 N–H and O–H groups in total. The van der Waals surface area contributed by atoms with E-state index in [2.05, 4.69) is 49.6 Å². The van der Waals surface area contributed by atoms with Crippen LogP contribution in [0.15, 0.2) is 110 Å². The molecule has 0 fully saturated rings. The molecule has 1 aliphatic carbocycles. The Morgan fingerprint density at radius 2 is 0.984 bits per heavy atom. The van der Waals surface area contributed by atoms with Gasteiger partial charge in [0.15, 0.2) is 12.2 Å². The van der Waals surface area contributed by atoms with Crippen LogP contribution in [0.2, 0.25) is 0 Å². The van der Waals surface area contributed by atoms with Crippen molar-refractivity contribution in [1.82, 2.24) is 0 Å². The van der Waals surface area contributed by atoms with Crippen LogP contribution >= 0.6 is 0 Å². The van der Waals surface area contributed by atoms with Crippen molar-refractivity contribution in [2.24, 2.45) is 0 Å². The van der Waals surface area contributed by atoms with E-state index in [-0.39, 0.29) is 52.9 Å². The number of rotatable bonds is 26. The second-order valence-corrected chi connectivity index (χ2v) is 14.4. The summed E-state index contributed by atoms with van der Waals surface area (Å²) in [5.41, 5.74) is 7.15. The van der Waals surface area contributed by atoms with Gasteiger partial charge >= 0.3 is 23.9 Å². The Bertz CT molecular complexity index is 2060. The molecule has 0 spiro atoms. The number of benzene rings is 4. The van der Waals surface area contributed by atoms with Gasteiger partial charge in [-0.2, -0.15) is 0 Å². The summed E-state index contributed by atoms with van der Waals surface area (Å²) in [7, 11) is 3.05. The summed E-state index contributed by atoms with van der Waals surface area (Å²) < 4.78 is 54.2. The Hall–Kier alpha value is -6.32. The monoisotopic (exact) mass is 866 g/mol. The summed E-state index contributed by atoms with van der Waals surface area (Å²) in [5.74, 6) is -1.54. The van der Waals surface area contributed by atoms with Crippen LogP contribution in [0.1, 0.15) is 33.4 Å². The molecule has 0 saturated carbocycles. The highest BCUT2D eigenvalue weighted by Crippen LogP contribution is 2.56. The minimum Gasteiger partial charge on any atom is -0.489 e. The van der Waals surface area contributed by atoms with Crippen molar-refractivity contribution in [1.29, 1.82) is 0 Å². The van der Waals surface area contributed by atoms with E-state index in [0.717, 1.165) is 56.7 Å². The molecule has 1 aliphatic rings. The van der Waals surface area contributed by atoms with E-state index >= 15 is 0 Å². The van der Waals surface area contributed by atoms with Gasteiger partial charge in [0.2, 0.25) is 0 Å². The van der Waals surface area contributed by atoms with Gasteiger partial charge in [-0.15, -0.1) is 0 Å². The number of methoxy groups -OCH3 is 2. The molecule has 14 heteroatoms. The minimum absolute atomic E-state index is 0.103. The zero-order valence-electron chi connectivity index (χ0n) is 36.1. The van der Waals surface area contributed by atoms with E-state index in [1.807, 2.05) is 62.4 Å². The lowest BCUT2D eigenvalue weighted by molar-refractivity contribution is -0.160. The molecule has 63 heavy (non-hydrogen) atoms. The first-order chi connectivity index (χ1) is 30.5. The highest BCUT2D eigenvalue weighted by Gasteiger charge is 2.46. The van der Waals surface area contributed by atoms with Gasteiger partial charge in [0, 0.05) is 26.4 Å². The lowest BCUT2D eigenvalue weighted by Crippen LogP contribution is -2.32. The first kappa shape index (κ1) is 47.7. The molecule has 0 bridgehead atoms. The third-order valence-electron chi connectivity index (χ3n) is 10.1. The van der Waals surface area contributed by atoms with E-state index in [0.29, 0.717) is 24.7 Å². The lowest BCUT2D eigenvalue weighted by atomic mass is 9.67. The van der Waals surface area contributed by atoms with Crippen molar-refractivity contribution in [3.8, 4) is 22.6 Å². The van der Waals surface area contributed by atoms with Crippen LogP contribution in [0.5, 0.6) is 11.5 Å². The van der Waals surface area contributed by atoms with Crippen LogP contribution in [0, 0.1) is 13.8 Å². The van der Waals surface area contributed by atoms with E-state index in [4.69, 9.17) is 47.4 Å². The number of ether oxygens (including phenoxy) is 10. The Labute approximate surface area is 367 Å². The minimum atomic E-state index is -0.925. The Kier molecular flexibility index (Phi) is 18.0. The second kappa shape index (κ2) is 23.8. The zero-order chi connectivity index (χ0) is 45.2. The fourth-order valence-corrected chi connectivity index (χ4v) is 7.19. The molecule has 4 aromatic carbocycles. The fourth-order valence-electron chi connectivity index (χ4n) is 7.19. The summed E-state index contributed by atoms with van der Waals surface area (Å²) in [4.78, 5) is 48.9. The van der Waals surface area contributed by atoms with E-state index in [1.165, 1.54) is 14.2 Å². The van der Waals surface area contributed by atoms with Crippen molar-refractivity contribution in [2.75, 3.05) is 80.3 Å². The fraction of sp³-hybridized carbons (Fsp3) is 0.347. The molecule has 0 radical (unpaired) electrons. The molecule has 334 valence electrons. The third kappa shape index (κ3) is 12.4. The smallest absolute Gasteiger partial charge is 0.332 e. The molecule has 0 aromatic heterocycles. The predicted octanol–water partition coefficient (Wildman–Crippen LogP) is 6.03. The molecule has 0 amide bonds. The van der Waals surface area contributed by atoms with Crippen molar-refractivity contribution in [3.63, 3.8) is 0 Å². The van der Waals surface area contributed by atoms with Gasteiger partial charge in [0.1, 0.15) is 51.1 Å². The first-order valence-electron chi connectivity index (χ1n) is 20.3. The van der Waals surface area contributed by atoms with Crippen molar-refractivity contribution < 1.29 is 66.5 Å². The number of hydrogen-bond donors (Lipinski definition) is 0. The molecule has 2 atom stereocenters. The maximum absolute atomic E-state index is 12.3. The topological polar surface area (TPSA) is 161 Å². The number of aryl methyl sites for hydroxylation is 2. The standard InChI is InChI=1S/C49H54O14/c1-7-45(50)62-37(29-60-47(52)31-56-23-21-54-5)27-58-43-19-17-35(25-33(43)3)49(41-15-11-9-13-39(41)40-14-10-12-16-42(40)49)36-18-20-44(34(4)26-36)59-28-38(63-46(51)8-2)30-61-48(53)32-57-24-22-55-6/h7-20,25-26,37-38H,1-2,21-24,27-32H2,3-6H3. The molecule has 2 unspecified atom stereocenters. The third-order valence-corrected chi connectivity index (χ3v) is 10.1. The van der Waals surface area contributed by atoms with Crippen molar-refractivity contribution in [3.05, 3.63) is 144 Å². The molecule has 0 heterocycles. The van der Waals surface area contributed by atoms with Gasteiger partial charge in [-0.25, -0.2) is 19.2 Å². The van der Waals surface area contributed by atoms with Crippen molar-refractivity contribution >= 4 is 23.9 Å². The second-order valence-electron chi connectivity index (χ2n) is 14.4. The van der Waals surface area contributed by atoms with Crippen LogP contribution in [0.3, 0.4) is 0 Å². The zero-order valence-corrected chi connectivity index (χ0v) is 36.1. The van der Waals surface area contributed by atoms with Crippen LogP contribution in [-0.4, -0.2) is 116 Å². The molecule has 0 aliphatic heterocycles. The summed E-state index contributed by atoms with van der Waals surface area (Å²) >= 11 is 0. The Balaban J connectivity index is 1.41. The largest absolute Gasteiger partial charge is 0.489 e. The van der Waals surface area contributed by atoms with Gasteiger partial charge in [-0.05, 0) is 70.5 Å². The van der Waals surface area contributed by atoms with Gasteiger partial charge in [-0.1, -0.05) is 86.0 Å². The quantitative estimate of drug-likeness (QED) is 0.0274. The molecule has 0 saturated heterocycles. The Morgan fingerprint density at radius 1 is 0.571 bits per heavy atom. The highest BCUT2D eigenvalue weighted by atomic mass is 16.6. The van der Waals surface area contributed by atoms with Crippen LogP contribution in [-0.2, 0) is 62.5 Å². The van der Waals surface area contributed by atoms with E-state index < -0.39 is 41.5 Å². The number of carbonyl (C=O) groups excluding carboxylic acids is 4. The highest BCUT2D eigenvalue weighted by molar-refractivity contribution is 5.86. The summed E-state index contributed by atoms with van der Waals surface area (Å²) in [6.45, 7) is 10.6. The maximum atomic E-state index is 12.3. The number of fused-ring (bicyclic) bond motifs is 3. The molecule has 5 rings (SSSR count). The van der Waals surface area contributed by atoms with Gasteiger partial charge in [0.25, 0.3) is 0 Å². The molecular weight excluding hydrogens is 813 g/mol. The number of hydrogen-bond acceptors (Lipinski definition) is 14. The summed E-state index contributed by atoms with van der Waals surface area (Å²) in [5, 5.41) is 0. The van der Waals surface area contributed by atoms with E-state index in [1.54, 1.807) is 0 Å². The predicted molar refractivity (Wildman–Crippen MR) is 232 cm³/mol. The average molecular weight is 867 g/mol. The van der Waals surface area contributed by atoms with Crippen LogP contribution in [0.4, 0.5) is 0 Å². The Morgan fingerprint density at radius 3 is 1.37 bits per heavy atom. The maximum Gasteiger partial charge on any atom is 0.332 e. The van der Waals surface area contributed by atoms with Crippen LogP contribution in [0.25, 0.3) is 11.1 Å². The lowest BCUT2D eigenvalue weighted by Gasteiger charge is -2.35. The van der Waals surface area contributed by atoms with Gasteiger partial charge in [-0.3, -0.25) is 0 Å². The number of carbonyl (C=O) groups is 4. The normalized spacial score (nSPS) is 13.1. The average Bonchev–Trinajstić information content (AvgIpc) is 3.59. The van der Waals surface area contributed by atoms with Crippen LogP contribution < -0.4 is 9.47 Å². The molecule has 4 aromatic rings. The number of esters is 4. The molecule has 14 nitrogen and oxygen atoms in total. The van der Waals surface area contributed by atoms with Gasteiger partial charge < -0.3 is 47.4 Å². The summed E-state index contributed by atoms with van der Waals surface area (Å²) in [6, 6.07) is 28.6. The first-order valence-corrected chi connectivity index (χ1v) is 20.3.